The van der Waals surface area contributed by atoms with Gasteiger partial charge in [-0.25, -0.2) is 9.48 Å². The van der Waals surface area contributed by atoms with E-state index in [4.69, 9.17) is 0 Å². The van der Waals surface area contributed by atoms with Crippen LogP contribution in [0.2, 0.25) is 0 Å². The summed E-state index contributed by atoms with van der Waals surface area (Å²) in [6.45, 7) is 2.90. The van der Waals surface area contributed by atoms with E-state index in [1.165, 1.54) is 4.68 Å². The van der Waals surface area contributed by atoms with Crippen LogP contribution in [0, 0.1) is 0 Å². The number of hydrogen-bond acceptors (Lipinski definition) is 3. The van der Waals surface area contributed by atoms with Crippen molar-refractivity contribution in [2.75, 3.05) is 6.54 Å². The zero-order chi connectivity index (χ0) is 14.5. The molecule has 6 nitrogen and oxygen atoms in total. The van der Waals surface area contributed by atoms with Gasteiger partial charge in [-0.15, -0.1) is 0 Å². The van der Waals surface area contributed by atoms with E-state index in [0.29, 0.717) is 17.6 Å². The second-order valence-electron chi connectivity index (χ2n) is 4.53. The molecule has 1 aromatic carbocycles. The Morgan fingerprint density at radius 2 is 1.95 bits per heavy atom. The fraction of sp³-hybridized carbons (Fsp3) is 0.357. The van der Waals surface area contributed by atoms with Gasteiger partial charge in [0.25, 0.3) is 5.56 Å². The van der Waals surface area contributed by atoms with Crippen molar-refractivity contribution in [2.45, 2.75) is 19.9 Å². The van der Waals surface area contributed by atoms with Gasteiger partial charge in [-0.1, -0.05) is 25.1 Å². The number of amides is 2. The number of benzene rings is 1. The van der Waals surface area contributed by atoms with E-state index in [0.717, 1.165) is 11.8 Å². The summed E-state index contributed by atoms with van der Waals surface area (Å²) < 4.78 is 1.29. The average molecular weight is 274 g/mol. The molecule has 2 amide bonds. The number of nitrogens with zero attached hydrogens (tertiary/aromatic N) is 2. The smallest absolute Gasteiger partial charge is 0.315 e. The predicted molar refractivity (Wildman–Crippen MR) is 77.5 cm³/mol. The molecule has 2 N–H and O–H groups in total. The van der Waals surface area contributed by atoms with E-state index in [1.807, 2.05) is 25.1 Å². The summed E-state index contributed by atoms with van der Waals surface area (Å²) in [5.41, 5.74) is 0.536. The summed E-state index contributed by atoms with van der Waals surface area (Å²) in [6.07, 6.45) is 0.883. The number of carbonyl (C=O) groups is 1. The van der Waals surface area contributed by atoms with E-state index in [-0.39, 0.29) is 18.1 Å². The monoisotopic (exact) mass is 274 g/mol. The van der Waals surface area contributed by atoms with Crippen LogP contribution in [0.25, 0.3) is 10.8 Å². The van der Waals surface area contributed by atoms with Gasteiger partial charge in [0.15, 0.2) is 0 Å². The van der Waals surface area contributed by atoms with Gasteiger partial charge in [0.05, 0.1) is 17.6 Å². The zero-order valence-corrected chi connectivity index (χ0v) is 11.6. The molecule has 0 saturated carbocycles. The number of urea groups is 1. The van der Waals surface area contributed by atoms with Crippen molar-refractivity contribution in [3.63, 3.8) is 0 Å². The number of rotatable bonds is 4. The molecule has 0 aliphatic carbocycles. The second kappa shape index (κ2) is 6.18. The molecule has 0 fully saturated rings. The maximum absolute atomic E-state index is 12.0. The second-order valence-corrected chi connectivity index (χ2v) is 4.53. The topological polar surface area (TPSA) is 76.0 Å². The third-order valence-electron chi connectivity index (χ3n) is 2.98. The Bertz CT molecular complexity index is 678. The van der Waals surface area contributed by atoms with Crippen molar-refractivity contribution in [2.24, 2.45) is 7.05 Å². The molecule has 2 rings (SSSR count). The van der Waals surface area contributed by atoms with Crippen LogP contribution in [0.15, 0.2) is 29.1 Å². The first-order valence-electron chi connectivity index (χ1n) is 6.60. The van der Waals surface area contributed by atoms with Crippen LogP contribution >= 0.6 is 0 Å². The summed E-state index contributed by atoms with van der Waals surface area (Å²) in [6, 6.07) is 7.04. The summed E-state index contributed by atoms with van der Waals surface area (Å²) in [7, 11) is 1.61. The molecule has 6 heteroatoms. The van der Waals surface area contributed by atoms with Gasteiger partial charge in [0.2, 0.25) is 0 Å². The molecule has 0 radical (unpaired) electrons. The third-order valence-corrected chi connectivity index (χ3v) is 2.98. The van der Waals surface area contributed by atoms with E-state index in [2.05, 4.69) is 15.7 Å². The molecular weight excluding hydrogens is 256 g/mol. The minimum atomic E-state index is -0.230. The quantitative estimate of drug-likeness (QED) is 0.878. The van der Waals surface area contributed by atoms with E-state index in [9.17, 15) is 9.59 Å². The summed E-state index contributed by atoms with van der Waals surface area (Å²) >= 11 is 0. The van der Waals surface area contributed by atoms with Crippen LogP contribution in [0.4, 0.5) is 4.79 Å². The fourth-order valence-electron chi connectivity index (χ4n) is 1.97. The third kappa shape index (κ3) is 2.96. The van der Waals surface area contributed by atoms with Crippen LogP contribution in [0.5, 0.6) is 0 Å². The Hall–Kier alpha value is -2.37. The van der Waals surface area contributed by atoms with Gasteiger partial charge < -0.3 is 10.6 Å². The van der Waals surface area contributed by atoms with Crippen molar-refractivity contribution in [3.8, 4) is 0 Å². The van der Waals surface area contributed by atoms with Crippen LogP contribution in [0.1, 0.15) is 19.0 Å². The molecule has 0 saturated heterocycles. The van der Waals surface area contributed by atoms with Gasteiger partial charge in [-0.05, 0) is 12.5 Å². The number of carbonyl (C=O) groups excluding carboxylic acids is 1. The van der Waals surface area contributed by atoms with Crippen molar-refractivity contribution in [1.29, 1.82) is 0 Å². The highest BCUT2D eigenvalue weighted by Crippen LogP contribution is 2.12. The number of nitrogens with one attached hydrogen (secondary N) is 2. The fourth-order valence-corrected chi connectivity index (χ4v) is 1.97. The number of aryl methyl sites for hydroxylation is 1. The highest BCUT2D eigenvalue weighted by atomic mass is 16.2. The summed E-state index contributed by atoms with van der Waals surface area (Å²) in [5.74, 6) is 0. The molecule has 0 aliphatic heterocycles. The molecule has 20 heavy (non-hydrogen) atoms. The van der Waals surface area contributed by atoms with Crippen molar-refractivity contribution < 1.29 is 4.79 Å². The van der Waals surface area contributed by atoms with Crippen LogP contribution in [-0.2, 0) is 13.6 Å². The van der Waals surface area contributed by atoms with Crippen molar-refractivity contribution >= 4 is 16.8 Å². The van der Waals surface area contributed by atoms with Gasteiger partial charge in [-0.3, -0.25) is 4.79 Å². The largest absolute Gasteiger partial charge is 0.338 e. The molecular formula is C14H18N4O2. The molecule has 0 spiro atoms. The molecule has 0 bridgehead atoms. The first-order chi connectivity index (χ1) is 9.63. The van der Waals surface area contributed by atoms with E-state index < -0.39 is 0 Å². The van der Waals surface area contributed by atoms with E-state index in [1.54, 1.807) is 13.1 Å². The lowest BCUT2D eigenvalue weighted by molar-refractivity contribution is 0.240. The van der Waals surface area contributed by atoms with Crippen molar-refractivity contribution in [1.82, 2.24) is 20.4 Å². The SMILES string of the molecule is CCCNC(=O)NCc1nn(C)c(=O)c2ccccc12. The maximum atomic E-state index is 12.0. The first-order valence-corrected chi connectivity index (χ1v) is 6.60. The lowest BCUT2D eigenvalue weighted by Gasteiger charge is -2.09. The molecule has 0 aliphatic rings. The Balaban J connectivity index is 2.24. The van der Waals surface area contributed by atoms with Crippen LogP contribution < -0.4 is 16.2 Å². The predicted octanol–water partition coefficient (Wildman–Crippen LogP) is 1.14. The Labute approximate surface area is 116 Å². The number of fused-ring (bicyclic) bond motifs is 1. The van der Waals surface area contributed by atoms with Gasteiger partial charge in [0, 0.05) is 19.0 Å². The minimum Gasteiger partial charge on any atom is -0.338 e. The lowest BCUT2D eigenvalue weighted by atomic mass is 10.1. The molecule has 1 aromatic heterocycles. The summed E-state index contributed by atoms with van der Waals surface area (Å²) in [5, 5.41) is 11.1. The molecule has 2 aromatic rings. The lowest BCUT2D eigenvalue weighted by Crippen LogP contribution is -2.36. The average Bonchev–Trinajstić information content (AvgIpc) is 2.47. The number of aromatic nitrogens is 2. The molecule has 106 valence electrons. The maximum Gasteiger partial charge on any atom is 0.315 e. The normalized spacial score (nSPS) is 10.5. The molecule has 0 atom stereocenters. The first kappa shape index (κ1) is 14.0. The number of hydrogen-bond donors (Lipinski definition) is 2. The minimum absolute atomic E-state index is 0.139. The highest BCUT2D eigenvalue weighted by molar-refractivity contribution is 5.84. The highest BCUT2D eigenvalue weighted by Gasteiger charge is 2.09. The van der Waals surface area contributed by atoms with Gasteiger partial charge in [0.1, 0.15) is 0 Å². The van der Waals surface area contributed by atoms with Gasteiger partial charge in [-0.2, -0.15) is 5.10 Å². The standard InChI is InChI=1S/C14H18N4O2/c1-3-8-15-14(20)16-9-12-10-6-4-5-7-11(10)13(19)18(2)17-12/h4-7H,3,8-9H2,1-2H3,(H2,15,16,20). The summed E-state index contributed by atoms with van der Waals surface area (Å²) in [4.78, 5) is 23.5. The zero-order valence-electron chi connectivity index (χ0n) is 11.6. The van der Waals surface area contributed by atoms with Crippen molar-refractivity contribution in [3.05, 3.63) is 40.3 Å². The van der Waals surface area contributed by atoms with Crippen LogP contribution in [-0.4, -0.2) is 22.4 Å². The van der Waals surface area contributed by atoms with E-state index >= 15 is 0 Å². The molecule has 0 unspecified atom stereocenters. The molecule has 1 heterocycles. The van der Waals surface area contributed by atoms with Crippen LogP contribution in [0.3, 0.4) is 0 Å². The van der Waals surface area contributed by atoms with Gasteiger partial charge >= 0.3 is 6.03 Å². The Morgan fingerprint density at radius 3 is 2.65 bits per heavy atom. The Morgan fingerprint density at radius 1 is 1.25 bits per heavy atom. The Kier molecular flexibility index (Phi) is 4.34.